The first-order chi connectivity index (χ1) is 19.1. The highest BCUT2D eigenvalue weighted by atomic mass is 16.6. The molecule has 0 aromatic heterocycles. The van der Waals surface area contributed by atoms with Gasteiger partial charge in [0.15, 0.2) is 11.5 Å². The summed E-state index contributed by atoms with van der Waals surface area (Å²) < 4.78 is 22.5. The molecular weight excluding hydrogens is 500 g/mol. The van der Waals surface area contributed by atoms with Crippen LogP contribution in [0, 0.1) is 0 Å². The van der Waals surface area contributed by atoms with Gasteiger partial charge in [-0.05, 0) is 48.7 Å². The smallest absolute Gasteiger partial charge is 0.295 e. The topological polar surface area (TPSA) is 97.8 Å². The fraction of sp³-hybridized carbons (Fsp3) is 0.467. The van der Waals surface area contributed by atoms with E-state index in [0.717, 1.165) is 43.8 Å². The van der Waals surface area contributed by atoms with Crippen LogP contribution in [0.4, 0.5) is 0 Å². The number of likely N-dealkylation sites (tertiary alicyclic amines) is 1. The van der Waals surface area contributed by atoms with Crippen LogP contribution in [0.2, 0.25) is 0 Å². The van der Waals surface area contributed by atoms with Crippen LogP contribution in [0.3, 0.4) is 0 Å². The molecule has 0 aliphatic carbocycles. The number of ether oxygens (including phenoxy) is 4. The molecule has 1 N–H and O–H groups in total. The lowest BCUT2D eigenvalue weighted by molar-refractivity contribution is -0.140. The van der Waals surface area contributed by atoms with Gasteiger partial charge in [0, 0.05) is 31.7 Å². The number of carbonyl (C=O) groups excluding carboxylic acids is 2. The number of Topliss-reactive ketones (excluding diaryl/α,β-unsaturated/α-hetero) is 1. The number of fused-ring (bicyclic) bond motifs is 1. The molecule has 1 atom stereocenters. The quantitative estimate of drug-likeness (QED) is 0.212. The van der Waals surface area contributed by atoms with Crippen molar-refractivity contribution in [2.24, 2.45) is 0 Å². The Labute approximate surface area is 228 Å². The Kier molecular flexibility index (Phi) is 8.68. The van der Waals surface area contributed by atoms with Crippen molar-refractivity contribution in [2.45, 2.75) is 32.2 Å². The highest BCUT2D eigenvalue weighted by Crippen LogP contribution is 2.41. The van der Waals surface area contributed by atoms with Crippen LogP contribution < -0.4 is 14.2 Å². The molecule has 9 nitrogen and oxygen atoms in total. The summed E-state index contributed by atoms with van der Waals surface area (Å²) >= 11 is 0. The number of unbranched alkanes of at least 4 members (excludes halogenated alkanes) is 1. The highest BCUT2D eigenvalue weighted by molar-refractivity contribution is 6.46. The number of benzene rings is 2. The van der Waals surface area contributed by atoms with E-state index in [1.165, 1.54) is 0 Å². The van der Waals surface area contributed by atoms with Gasteiger partial charge in [0.1, 0.15) is 24.7 Å². The number of morpholine rings is 1. The lowest BCUT2D eigenvalue weighted by atomic mass is 9.95. The van der Waals surface area contributed by atoms with Crippen molar-refractivity contribution in [3.8, 4) is 17.2 Å². The summed E-state index contributed by atoms with van der Waals surface area (Å²) in [6.07, 6.45) is 2.70. The van der Waals surface area contributed by atoms with E-state index in [4.69, 9.17) is 18.9 Å². The Morgan fingerprint density at radius 3 is 2.44 bits per heavy atom. The van der Waals surface area contributed by atoms with Gasteiger partial charge in [0.05, 0.1) is 31.4 Å². The minimum absolute atomic E-state index is 0.0719. The van der Waals surface area contributed by atoms with Gasteiger partial charge in [-0.25, -0.2) is 0 Å². The lowest BCUT2D eigenvalue weighted by Crippen LogP contribution is -2.38. The minimum atomic E-state index is -0.715. The maximum atomic E-state index is 13.4. The van der Waals surface area contributed by atoms with Crippen LogP contribution in [0.5, 0.6) is 17.2 Å². The Morgan fingerprint density at radius 2 is 1.69 bits per heavy atom. The summed E-state index contributed by atoms with van der Waals surface area (Å²) in [5.41, 5.74) is 1.21. The van der Waals surface area contributed by atoms with Crippen molar-refractivity contribution in [1.82, 2.24) is 9.80 Å². The van der Waals surface area contributed by atoms with Crippen LogP contribution in [-0.2, 0) is 14.3 Å². The number of rotatable bonds is 10. The molecule has 0 spiro atoms. The Bertz CT molecular complexity index is 1200. The van der Waals surface area contributed by atoms with Crippen LogP contribution in [-0.4, -0.2) is 85.8 Å². The fourth-order valence-corrected chi connectivity index (χ4v) is 5.17. The number of carbonyl (C=O) groups is 2. The summed E-state index contributed by atoms with van der Waals surface area (Å²) in [6, 6.07) is 11.7. The monoisotopic (exact) mass is 536 g/mol. The summed E-state index contributed by atoms with van der Waals surface area (Å²) in [4.78, 5) is 30.6. The van der Waals surface area contributed by atoms with Gasteiger partial charge >= 0.3 is 0 Å². The predicted octanol–water partition coefficient (Wildman–Crippen LogP) is 3.78. The molecule has 2 saturated heterocycles. The van der Waals surface area contributed by atoms with Crippen molar-refractivity contribution in [1.29, 1.82) is 0 Å². The molecule has 39 heavy (non-hydrogen) atoms. The first-order valence-electron chi connectivity index (χ1n) is 13.8. The summed E-state index contributed by atoms with van der Waals surface area (Å²) in [5, 5.41) is 11.4. The van der Waals surface area contributed by atoms with Gasteiger partial charge in [-0.15, -0.1) is 0 Å². The molecule has 0 saturated carbocycles. The van der Waals surface area contributed by atoms with E-state index in [-0.39, 0.29) is 11.3 Å². The van der Waals surface area contributed by atoms with Crippen LogP contribution in [0.1, 0.15) is 43.4 Å². The first-order valence-corrected chi connectivity index (χ1v) is 13.8. The number of amides is 1. The molecule has 2 fully saturated rings. The van der Waals surface area contributed by atoms with Gasteiger partial charge in [0.25, 0.3) is 11.7 Å². The van der Waals surface area contributed by atoms with E-state index in [2.05, 4.69) is 11.8 Å². The molecule has 2 aromatic carbocycles. The zero-order chi connectivity index (χ0) is 27.2. The first kappa shape index (κ1) is 27.0. The van der Waals surface area contributed by atoms with Crippen molar-refractivity contribution in [3.63, 3.8) is 0 Å². The molecule has 5 rings (SSSR count). The summed E-state index contributed by atoms with van der Waals surface area (Å²) in [6.45, 7) is 7.88. The molecule has 2 aromatic rings. The van der Waals surface area contributed by atoms with E-state index in [0.29, 0.717) is 63.1 Å². The average Bonchev–Trinajstić information content (AvgIpc) is 3.22. The highest BCUT2D eigenvalue weighted by Gasteiger charge is 2.46. The number of nitrogens with zero attached hydrogens (tertiary/aromatic N) is 2. The summed E-state index contributed by atoms with van der Waals surface area (Å²) in [7, 11) is 0. The molecule has 9 heteroatoms. The number of aliphatic hydroxyl groups is 1. The van der Waals surface area contributed by atoms with Crippen LogP contribution in [0.25, 0.3) is 5.76 Å². The molecular formula is C30H36N2O7. The standard InChI is InChI=1S/C30H36N2O7/c1-2-3-15-37-23-8-5-21(6-9-23)27-26(28(33)22-7-10-24-25(20-22)39-19-18-38-24)29(34)30(35)32(27)12-4-11-31-13-16-36-17-14-31/h5-10,20,27,33H,2-4,11-19H2,1H3. The number of hydrogen-bond donors (Lipinski definition) is 1. The number of ketones is 1. The second-order valence-electron chi connectivity index (χ2n) is 9.93. The maximum Gasteiger partial charge on any atom is 0.295 e. The average molecular weight is 537 g/mol. The second kappa shape index (κ2) is 12.5. The van der Waals surface area contributed by atoms with Crippen molar-refractivity contribution >= 4 is 17.4 Å². The summed E-state index contributed by atoms with van der Waals surface area (Å²) in [5.74, 6) is 0.274. The number of aliphatic hydroxyl groups excluding tert-OH is 1. The molecule has 3 aliphatic heterocycles. The van der Waals surface area contributed by atoms with Crippen molar-refractivity contribution < 1.29 is 33.6 Å². The Morgan fingerprint density at radius 1 is 0.949 bits per heavy atom. The van der Waals surface area contributed by atoms with Gasteiger partial charge in [-0.2, -0.15) is 0 Å². The zero-order valence-electron chi connectivity index (χ0n) is 22.4. The predicted molar refractivity (Wildman–Crippen MR) is 145 cm³/mol. The van der Waals surface area contributed by atoms with Gasteiger partial charge in [-0.3, -0.25) is 14.5 Å². The molecule has 208 valence electrons. The fourth-order valence-electron chi connectivity index (χ4n) is 5.17. The van der Waals surface area contributed by atoms with E-state index in [1.807, 2.05) is 24.3 Å². The SMILES string of the molecule is CCCCOc1ccc(C2C(=C(O)c3ccc4c(c3)OCCO4)C(=O)C(=O)N2CCCN2CCOCC2)cc1. The van der Waals surface area contributed by atoms with Gasteiger partial charge < -0.3 is 29.0 Å². The zero-order valence-corrected chi connectivity index (χ0v) is 22.4. The molecule has 0 bridgehead atoms. The van der Waals surface area contributed by atoms with Crippen LogP contribution in [0.15, 0.2) is 48.0 Å². The molecule has 3 aliphatic rings. The van der Waals surface area contributed by atoms with Gasteiger partial charge in [-0.1, -0.05) is 25.5 Å². The van der Waals surface area contributed by atoms with Crippen LogP contribution >= 0.6 is 0 Å². The Hall–Kier alpha value is -3.56. The minimum Gasteiger partial charge on any atom is -0.507 e. The molecule has 1 amide bonds. The molecule has 0 radical (unpaired) electrons. The third-order valence-corrected chi connectivity index (χ3v) is 7.30. The van der Waals surface area contributed by atoms with Crippen molar-refractivity contribution in [2.75, 3.05) is 59.2 Å². The second-order valence-corrected chi connectivity index (χ2v) is 9.93. The maximum absolute atomic E-state index is 13.4. The molecule has 3 heterocycles. The van der Waals surface area contributed by atoms with E-state index < -0.39 is 17.7 Å². The number of hydrogen-bond acceptors (Lipinski definition) is 8. The third kappa shape index (κ3) is 6.04. The third-order valence-electron chi connectivity index (χ3n) is 7.30. The Balaban J connectivity index is 1.45. The van der Waals surface area contributed by atoms with Gasteiger partial charge in [0.2, 0.25) is 0 Å². The van der Waals surface area contributed by atoms with E-state index in [9.17, 15) is 14.7 Å². The largest absolute Gasteiger partial charge is 0.507 e. The van der Waals surface area contributed by atoms with Crippen molar-refractivity contribution in [3.05, 3.63) is 59.2 Å². The lowest BCUT2D eigenvalue weighted by Gasteiger charge is -2.29. The van der Waals surface area contributed by atoms with E-state index >= 15 is 0 Å². The molecule has 1 unspecified atom stereocenters. The normalized spacial score (nSPS) is 20.8. The van der Waals surface area contributed by atoms with E-state index in [1.54, 1.807) is 23.1 Å².